The SMILES string of the molecule is Cc1ccc(-c2cc(=O)nc(N=C3SCCS3)o2)cc1. The van der Waals surface area contributed by atoms with E-state index in [2.05, 4.69) is 9.98 Å². The second-order valence-electron chi connectivity index (χ2n) is 4.28. The third-order valence-corrected chi connectivity index (χ3v) is 5.18. The topological polar surface area (TPSA) is 55.5 Å². The minimum Gasteiger partial charge on any atom is -0.423 e. The third kappa shape index (κ3) is 3.13. The summed E-state index contributed by atoms with van der Waals surface area (Å²) < 4.78 is 6.53. The number of aliphatic imine (C=N–C) groups is 1. The number of rotatable bonds is 2. The molecule has 0 saturated carbocycles. The maximum absolute atomic E-state index is 11.7. The average molecular weight is 304 g/mol. The molecule has 1 aliphatic heterocycles. The Morgan fingerprint density at radius 2 is 1.90 bits per heavy atom. The molecule has 4 nitrogen and oxygen atoms in total. The van der Waals surface area contributed by atoms with Crippen LogP contribution >= 0.6 is 23.5 Å². The van der Waals surface area contributed by atoms with Crippen LogP contribution in [-0.4, -0.2) is 20.9 Å². The van der Waals surface area contributed by atoms with E-state index in [4.69, 9.17) is 4.42 Å². The van der Waals surface area contributed by atoms with Crippen LogP contribution in [0.5, 0.6) is 0 Å². The highest BCUT2D eigenvalue weighted by atomic mass is 32.2. The first-order chi connectivity index (χ1) is 9.70. The highest BCUT2D eigenvalue weighted by molar-refractivity contribution is 8.41. The van der Waals surface area contributed by atoms with Gasteiger partial charge in [-0.15, -0.1) is 0 Å². The number of thioether (sulfide) groups is 2. The Morgan fingerprint density at radius 1 is 1.20 bits per heavy atom. The molecule has 20 heavy (non-hydrogen) atoms. The molecule has 0 bridgehead atoms. The maximum atomic E-state index is 11.7. The van der Waals surface area contributed by atoms with Crippen molar-refractivity contribution in [3.8, 4) is 11.3 Å². The molecule has 1 fully saturated rings. The van der Waals surface area contributed by atoms with Gasteiger partial charge in [0, 0.05) is 23.1 Å². The summed E-state index contributed by atoms with van der Waals surface area (Å²) in [5, 5.41) is 0. The highest BCUT2D eigenvalue weighted by Gasteiger charge is 2.12. The third-order valence-electron chi connectivity index (χ3n) is 2.72. The Kier molecular flexibility index (Phi) is 3.93. The van der Waals surface area contributed by atoms with Crippen LogP contribution in [0.2, 0.25) is 0 Å². The minimum absolute atomic E-state index is 0.130. The van der Waals surface area contributed by atoms with Crippen LogP contribution in [0, 0.1) is 6.92 Å². The molecular weight excluding hydrogens is 292 g/mol. The largest absolute Gasteiger partial charge is 0.423 e. The second kappa shape index (κ2) is 5.85. The van der Waals surface area contributed by atoms with Gasteiger partial charge in [-0.05, 0) is 6.92 Å². The van der Waals surface area contributed by atoms with Gasteiger partial charge >= 0.3 is 6.01 Å². The summed E-state index contributed by atoms with van der Waals surface area (Å²) in [6, 6.07) is 9.31. The average Bonchev–Trinajstić information content (AvgIpc) is 2.91. The molecule has 3 rings (SSSR count). The van der Waals surface area contributed by atoms with Crippen LogP contribution in [0.4, 0.5) is 6.01 Å². The minimum atomic E-state index is -0.334. The zero-order valence-electron chi connectivity index (χ0n) is 10.8. The molecule has 0 amide bonds. The van der Waals surface area contributed by atoms with E-state index in [1.807, 2.05) is 31.2 Å². The lowest BCUT2D eigenvalue weighted by Gasteiger charge is -2.02. The number of benzene rings is 1. The fourth-order valence-electron chi connectivity index (χ4n) is 1.74. The van der Waals surface area contributed by atoms with Gasteiger partial charge in [-0.25, -0.2) is 0 Å². The summed E-state index contributed by atoms with van der Waals surface area (Å²) in [6.07, 6.45) is 0. The summed E-state index contributed by atoms with van der Waals surface area (Å²) in [6.45, 7) is 2.01. The summed E-state index contributed by atoms with van der Waals surface area (Å²) >= 11 is 3.32. The van der Waals surface area contributed by atoms with Crippen LogP contribution in [-0.2, 0) is 0 Å². The number of hydrogen-bond acceptors (Lipinski definition) is 6. The van der Waals surface area contributed by atoms with Gasteiger partial charge in [-0.3, -0.25) is 4.79 Å². The van der Waals surface area contributed by atoms with E-state index in [1.54, 1.807) is 23.5 Å². The Morgan fingerprint density at radius 3 is 2.60 bits per heavy atom. The molecular formula is C14H12N2O2S2. The highest BCUT2D eigenvalue weighted by Crippen LogP contribution is 2.29. The molecule has 1 aliphatic rings. The van der Waals surface area contributed by atoms with Gasteiger partial charge < -0.3 is 4.42 Å². The molecule has 2 aromatic rings. The van der Waals surface area contributed by atoms with Crippen molar-refractivity contribution in [3.05, 3.63) is 46.2 Å². The first-order valence-corrected chi connectivity index (χ1v) is 8.11. The van der Waals surface area contributed by atoms with E-state index in [0.29, 0.717) is 5.76 Å². The van der Waals surface area contributed by atoms with Crippen LogP contribution in [0.3, 0.4) is 0 Å². The van der Waals surface area contributed by atoms with Crippen molar-refractivity contribution in [3.63, 3.8) is 0 Å². The number of aromatic nitrogens is 1. The maximum Gasteiger partial charge on any atom is 0.327 e. The second-order valence-corrected chi connectivity index (χ2v) is 6.71. The smallest absolute Gasteiger partial charge is 0.327 e. The van der Waals surface area contributed by atoms with E-state index in [1.165, 1.54) is 6.07 Å². The summed E-state index contributed by atoms with van der Waals surface area (Å²) in [5.41, 5.74) is 1.67. The molecule has 0 atom stereocenters. The Bertz CT molecular complexity index is 700. The lowest BCUT2D eigenvalue weighted by atomic mass is 10.1. The van der Waals surface area contributed by atoms with Gasteiger partial charge in [0.25, 0.3) is 5.56 Å². The monoisotopic (exact) mass is 304 g/mol. The molecule has 2 heterocycles. The van der Waals surface area contributed by atoms with Crippen molar-refractivity contribution >= 4 is 33.9 Å². The van der Waals surface area contributed by atoms with Crippen LogP contribution in [0.25, 0.3) is 11.3 Å². The summed E-state index contributed by atoms with van der Waals surface area (Å²) in [4.78, 5) is 19.8. The lowest BCUT2D eigenvalue weighted by molar-refractivity contribution is 0.553. The van der Waals surface area contributed by atoms with E-state index in [9.17, 15) is 4.79 Å². The number of aryl methyl sites for hydroxylation is 1. The van der Waals surface area contributed by atoms with Gasteiger partial charge in [-0.2, -0.15) is 9.98 Å². The molecule has 0 aliphatic carbocycles. The molecule has 0 N–H and O–H groups in total. The van der Waals surface area contributed by atoms with Crippen molar-refractivity contribution in [1.29, 1.82) is 0 Å². The quantitative estimate of drug-likeness (QED) is 0.850. The van der Waals surface area contributed by atoms with E-state index < -0.39 is 0 Å². The molecule has 1 aromatic heterocycles. The Hall–Kier alpha value is -1.53. The normalized spacial score (nSPS) is 14.6. The van der Waals surface area contributed by atoms with Crippen LogP contribution in [0.1, 0.15) is 5.56 Å². The van der Waals surface area contributed by atoms with Crippen molar-refractivity contribution in [1.82, 2.24) is 4.98 Å². The van der Waals surface area contributed by atoms with E-state index in [0.717, 1.165) is 27.0 Å². The molecule has 1 saturated heterocycles. The zero-order valence-corrected chi connectivity index (χ0v) is 12.5. The molecule has 0 radical (unpaired) electrons. The van der Waals surface area contributed by atoms with Gasteiger partial charge in [0.05, 0.1) is 0 Å². The predicted molar refractivity (Wildman–Crippen MR) is 85.0 cm³/mol. The van der Waals surface area contributed by atoms with E-state index >= 15 is 0 Å². The molecule has 0 spiro atoms. The number of hydrogen-bond donors (Lipinski definition) is 0. The standard InChI is InChI=1S/C14H12N2O2S2/c1-9-2-4-10(5-3-9)11-8-12(17)15-13(18-11)16-14-19-6-7-20-14/h2-5,8H,6-7H2,1H3. The molecule has 6 heteroatoms. The van der Waals surface area contributed by atoms with Gasteiger partial charge in [0.1, 0.15) is 10.1 Å². The van der Waals surface area contributed by atoms with Crippen molar-refractivity contribution in [2.45, 2.75) is 6.92 Å². The van der Waals surface area contributed by atoms with Gasteiger partial charge in [0.15, 0.2) is 0 Å². The first-order valence-electron chi connectivity index (χ1n) is 6.14. The van der Waals surface area contributed by atoms with Crippen molar-refractivity contribution < 1.29 is 4.42 Å². The van der Waals surface area contributed by atoms with Crippen molar-refractivity contribution in [2.75, 3.05) is 11.5 Å². The van der Waals surface area contributed by atoms with Gasteiger partial charge in [-0.1, -0.05) is 53.4 Å². The molecule has 0 unspecified atom stereocenters. The Balaban J connectivity index is 2.00. The van der Waals surface area contributed by atoms with Crippen LogP contribution < -0.4 is 5.56 Å². The lowest BCUT2D eigenvalue weighted by Crippen LogP contribution is -2.03. The van der Waals surface area contributed by atoms with Gasteiger partial charge in [0.2, 0.25) is 0 Å². The predicted octanol–water partition coefficient (Wildman–Crippen LogP) is 3.48. The molecule has 1 aromatic carbocycles. The summed E-state index contributed by atoms with van der Waals surface area (Å²) in [5.74, 6) is 2.56. The zero-order chi connectivity index (χ0) is 13.9. The Labute approximate surface area is 124 Å². The fourth-order valence-corrected chi connectivity index (χ4v) is 3.87. The molecule has 102 valence electrons. The fraction of sp³-hybridized carbons (Fsp3) is 0.214. The number of nitrogens with zero attached hydrogens (tertiary/aromatic N) is 2. The first kappa shape index (κ1) is 13.5. The van der Waals surface area contributed by atoms with E-state index in [-0.39, 0.29) is 11.6 Å². The summed E-state index contributed by atoms with van der Waals surface area (Å²) in [7, 11) is 0. The van der Waals surface area contributed by atoms with Crippen molar-refractivity contribution in [2.24, 2.45) is 4.99 Å². The van der Waals surface area contributed by atoms with Crippen LogP contribution in [0.15, 0.2) is 44.5 Å².